The summed E-state index contributed by atoms with van der Waals surface area (Å²) in [5, 5.41) is 2.81. The lowest BCUT2D eigenvalue weighted by molar-refractivity contribution is -0.125. The van der Waals surface area contributed by atoms with E-state index in [1.807, 2.05) is 50.1 Å². The molecule has 4 nitrogen and oxygen atoms in total. The molecule has 0 radical (unpaired) electrons. The molecule has 0 aliphatic carbocycles. The first-order chi connectivity index (χ1) is 9.04. The normalized spacial score (nSPS) is 12.3. The highest BCUT2D eigenvalue weighted by Gasteiger charge is 2.16. The van der Waals surface area contributed by atoms with Crippen molar-refractivity contribution in [2.45, 2.75) is 19.9 Å². The van der Waals surface area contributed by atoms with E-state index in [0.29, 0.717) is 19.7 Å². The number of halogens is 1. The maximum absolute atomic E-state index is 11.7. The van der Waals surface area contributed by atoms with Crippen molar-refractivity contribution in [1.82, 2.24) is 10.2 Å². The quantitative estimate of drug-likeness (QED) is 0.834. The minimum absolute atomic E-state index is 0.0497. The van der Waals surface area contributed by atoms with Gasteiger partial charge in [-0.05, 0) is 45.2 Å². The number of amides is 1. The van der Waals surface area contributed by atoms with Gasteiger partial charge in [-0.15, -0.1) is 0 Å². The highest BCUT2D eigenvalue weighted by Crippen LogP contribution is 2.15. The summed E-state index contributed by atoms with van der Waals surface area (Å²) in [7, 11) is 1.92. The lowest BCUT2D eigenvalue weighted by Crippen LogP contribution is -2.44. The minimum Gasteiger partial charge on any atom is -0.492 e. The molecule has 1 atom stereocenters. The highest BCUT2D eigenvalue weighted by molar-refractivity contribution is 9.10. The van der Waals surface area contributed by atoms with Crippen molar-refractivity contribution in [3.8, 4) is 5.75 Å². The highest BCUT2D eigenvalue weighted by atomic mass is 79.9. The van der Waals surface area contributed by atoms with Crippen molar-refractivity contribution < 1.29 is 9.53 Å². The van der Waals surface area contributed by atoms with E-state index < -0.39 is 0 Å². The van der Waals surface area contributed by atoms with E-state index in [0.717, 1.165) is 10.2 Å². The fraction of sp³-hybridized carbons (Fsp3) is 0.500. The Morgan fingerprint density at radius 1 is 1.42 bits per heavy atom. The topological polar surface area (TPSA) is 41.6 Å². The molecule has 0 aromatic heterocycles. The van der Waals surface area contributed by atoms with Gasteiger partial charge in [0.2, 0.25) is 5.91 Å². The fourth-order valence-electron chi connectivity index (χ4n) is 1.55. The molecule has 0 saturated carbocycles. The molecule has 0 saturated heterocycles. The number of likely N-dealkylation sites (N-methyl/N-ethyl adjacent to an activating group) is 2. The molecule has 0 unspecified atom stereocenters. The van der Waals surface area contributed by atoms with E-state index in [-0.39, 0.29) is 11.9 Å². The van der Waals surface area contributed by atoms with Crippen molar-refractivity contribution in [3.05, 3.63) is 28.7 Å². The number of carbonyl (C=O) groups excluding carboxylic acids is 1. The zero-order valence-corrected chi connectivity index (χ0v) is 13.2. The maximum Gasteiger partial charge on any atom is 0.237 e. The molecule has 0 aliphatic rings. The Bertz CT molecular complexity index is 395. The predicted molar refractivity (Wildman–Crippen MR) is 80.4 cm³/mol. The molecule has 1 rings (SSSR count). The Morgan fingerprint density at radius 3 is 2.63 bits per heavy atom. The largest absolute Gasteiger partial charge is 0.492 e. The number of rotatable bonds is 7. The summed E-state index contributed by atoms with van der Waals surface area (Å²) in [4.78, 5) is 13.6. The van der Waals surface area contributed by atoms with E-state index in [1.54, 1.807) is 0 Å². The van der Waals surface area contributed by atoms with Crippen LogP contribution in [0.1, 0.15) is 13.8 Å². The standard InChI is InChI=1S/C14H21BrN2O2/c1-4-16-14(18)11(2)17(3)9-10-19-13-7-5-12(15)6-8-13/h5-8,11H,4,9-10H2,1-3H3,(H,16,18)/t11-/m0/s1. The first-order valence-electron chi connectivity index (χ1n) is 6.41. The summed E-state index contributed by atoms with van der Waals surface area (Å²) in [6.45, 7) is 5.73. The van der Waals surface area contributed by atoms with E-state index in [2.05, 4.69) is 21.2 Å². The van der Waals surface area contributed by atoms with Crippen LogP contribution >= 0.6 is 15.9 Å². The Morgan fingerprint density at radius 2 is 2.05 bits per heavy atom. The molecule has 1 aromatic carbocycles. The van der Waals surface area contributed by atoms with Gasteiger partial charge in [0.15, 0.2) is 0 Å². The molecule has 0 aliphatic heterocycles. The van der Waals surface area contributed by atoms with Crippen LogP contribution in [0.3, 0.4) is 0 Å². The summed E-state index contributed by atoms with van der Waals surface area (Å²) in [5.74, 6) is 0.885. The Labute approximate surface area is 123 Å². The van der Waals surface area contributed by atoms with Gasteiger partial charge in [0.1, 0.15) is 12.4 Å². The van der Waals surface area contributed by atoms with Gasteiger partial charge < -0.3 is 10.1 Å². The molecule has 5 heteroatoms. The van der Waals surface area contributed by atoms with Gasteiger partial charge in [-0.2, -0.15) is 0 Å². The van der Waals surface area contributed by atoms with Gasteiger partial charge in [0.05, 0.1) is 6.04 Å². The first kappa shape index (κ1) is 16.0. The third-order valence-electron chi connectivity index (χ3n) is 2.92. The molecule has 0 bridgehead atoms. The Hall–Kier alpha value is -1.07. The fourth-order valence-corrected chi connectivity index (χ4v) is 1.82. The van der Waals surface area contributed by atoms with Gasteiger partial charge >= 0.3 is 0 Å². The third kappa shape index (κ3) is 5.61. The van der Waals surface area contributed by atoms with Gasteiger partial charge in [-0.25, -0.2) is 0 Å². The average molecular weight is 329 g/mol. The van der Waals surface area contributed by atoms with Crippen LogP contribution in [0.15, 0.2) is 28.7 Å². The molecule has 0 fully saturated rings. The van der Waals surface area contributed by atoms with Crippen LogP contribution in [0.25, 0.3) is 0 Å². The second-order valence-electron chi connectivity index (χ2n) is 4.35. The molecule has 0 heterocycles. The number of carbonyl (C=O) groups is 1. The van der Waals surface area contributed by atoms with Crippen molar-refractivity contribution in [2.24, 2.45) is 0 Å². The molecular formula is C14H21BrN2O2. The van der Waals surface area contributed by atoms with E-state index in [9.17, 15) is 4.79 Å². The lowest BCUT2D eigenvalue weighted by atomic mass is 10.3. The van der Waals surface area contributed by atoms with Crippen LogP contribution in [0, 0.1) is 0 Å². The van der Waals surface area contributed by atoms with Crippen molar-refractivity contribution in [3.63, 3.8) is 0 Å². The molecule has 1 amide bonds. The summed E-state index contributed by atoms with van der Waals surface area (Å²) < 4.78 is 6.66. The smallest absolute Gasteiger partial charge is 0.237 e. The molecule has 1 N–H and O–H groups in total. The van der Waals surface area contributed by atoms with Crippen LogP contribution in [0.4, 0.5) is 0 Å². The number of benzene rings is 1. The molecule has 106 valence electrons. The summed E-state index contributed by atoms with van der Waals surface area (Å²) in [5.41, 5.74) is 0. The minimum atomic E-state index is -0.145. The average Bonchev–Trinajstić information content (AvgIpc) is 2.40. The second kappa shape index (κ2) is 8.17. The van der Waals surface area contributed by atoms with E-state index in [4.69, 9.17) is 4.74 Å². The molecule has 19 heavy (non-hydrogen) atoms. The van der Waals surface area contributed by atoms with Crippen LogP contribution in [-0.2, 0) is 4.79 Å². The van der Waals surface area contributed by atoms with Gasteiger partial charge in [0, 0.05) is 17.6 Å². The SMILES string of the molecule is CCNC(=O)[C@H](C)N(C)CCOc1ccc(Br)cc1. The number of hydrogen-bond acceptors (Lipinski definition) is 3. The van der Waals surface area contributed by atoms with Gasteiger partial charge in [-0.3, -0.25) is 9.69 Å². The molecule has 1 aromatic rings. The maximum atomic E-state index is 11.7. The van der Waals surface area contributed by atoms with Crippen LogP contribution in [0.5, 0.6) is 5.75 Å². The number of hydrogen-bond donors (Lipinski definition) is 1. The van der Waals surface area contributed by atoms with Crippen molar-refractivity contribution in [1.29, 1.82) is 0 Å². The van der Waals surface area contributed by atoms with Gasteiger partial charge in [-0.1, -0.05) is 15.9 Å². The third-order valence-corrected chi connectivity index (χ3v) is 3.45. The van der Waals surface area contributed by atoms with Crippen molar-refractivity contribution in [2.75, 3.05) is 26.7 Å². The summed E-state index contributed by atoms with van der Waals surface area (Å²) >= 11 is 3.38. The summed E-state index contributed by atoms with van der Waals surface area (Å²) in [6.07, 6.45) is 0. The monoisotopic (exact) mass is 328 g/mol. The molecule has 0 spiro atoms. The Kier molecular flexibility index (Phi) is 6.87. The predicted octanol–water partition coefficient (Wildman–Crippen LogP) is 2.28. The van der Waals surface area contributed by atoms with E-state index >= 15 is 0 Å². The number of nitrogens with zero attached hydrogens (tertiary/aromatic N) is 1. The van der Waals surface area contributed by atoms with Crippen LogP contribution < -0.4 is 10.1 Å². The van der Waals surface area contributed by atoms with Crippen molar-refractivity contribution >= 4 is 21.8 Å². The second-order valence-corrected chi connectivity index (χ2v) is 5.27. The zero-order valence-electron chi connectivity index (χ0n) is 11.6. The first-order valence-corrected chi connectivity index (χ1v) is 7.20. The van der Waals surface area contributed by atoms with Crippen LogP contribution in [-0.4, -0.2) is 43.6 Å². The number of ether oxygens (including phenoxy) is 1. The zero-order chi connectivity index (χ0) is 14.3. The number of nitrogens with one attached hydrogen (secondary N) is 1. The lowest BCUT2D eigenvalue weighted by Gasteiger charge is -2.23. The van der Waals surface area contributed by atoms with Gasteiger partial charge in [0.25, 0.3) is 0 Å². The Balaban J connectivity index is 2.32. The van der Waals surface area contributed by atoms with Crippen LogP contribution in [0.2, 0.25) is 0 Å². The van der Waals surface area contributed by atoms with E-state index in [1.165, 1.54) is 0 Å². The molecular weight excluding hydrogens is 308 g/mol. The summed E-state index contributed by atoms with van der Waals surface area (Å²) in [6, 6.07) is 7.56.